The van der Waals surface area contributed by atoms with Gasteiger partial charge < -0.3 is 15.6 Å². The van der Waals surface area contributed by atoms with Gasteiger partial charge in [-0.25, -0.2) is 4.98 Å². The molecule has 5 nitrogen and oxygen atoms in total. The number of rotatable bonds is 4. The molecule has 0 aliphatic heterocycles. The zero-order chi connectivity index (χ0) is 13.8. The third-order valence-corrected chi connectivity index (χ3v) is 3.75. The largest absolute Gasteiger partial charge is 0.399 e. The fourth-order valence-corrected chi connectivity index (χ4v) is 2.37. The molecular formula is C13H16N4OS. The number of carbonyl (C=O) groups is 1. The quantitative estimate of drug-likeness (QED) is 0.662. The van der Waals surface area contributed by atoms with Crippen LogP contribution >= 0.6 is 11.8 Å². The summed E-state index contributed by atoms with van der Waals surface area (Å²) in [4.78, 5) is 16.2. The number of carbonyl (C=O) groups excluding carboxylic acids is 1. The van der Waals surface area contributed by atoms with Gasteiger partial charge in [-0.15, -0.1) is 0 Å². The second kappa shape index (κ2) is 5.79. The molecule has 6 heteroatoms. The van der Waals surface area contributed by atoms with E-state index in [0.717, 1.165) is 5.16 Å². The molecule has 2 rings (SSSR count). The maximum atomic E-state index is 12.1. The number of nitrogens with two attached hydrogens (primary N) is 1. The fourth-order valence-electron chi connectivity index (χ4n) is 1.54. The van der Waals surface area contributed by atoms with E-state index < -0.39 is 0 Å². The zero-order valence-electron chi connectivity index (χ0n) is 10.8. The van der Waals surface area contributed by atoms with Crippen LogP contribution in [0.1, 0.15) is 6.92 Å². The Morgan fingerprint density at radius 2 is 2.32 bits per heavy atom. The first kappa shape index (κ1) is 13.5. The minimum absolute atomic E-state index is 0.0707. The molecule has 0 saturated heterocycles. The van der Waals surface area contributed by atoms with Crippen LogP contribution in [0.15, 0.2) is 41.8 Å². The van der Waals surface area contributed by atoms with E-state index in [1.165, 1.54) is 11.8 Å². The van der Waals surface area contributed by atoms with Gasteiger partial charge >= 0.3 is 0 Å². The Hall–Kier alpha value is -1.95. The molecule has 0 saturated carbocycles. The zero-order valence-corrected chi connectivity index (χ0v) is 11.6. The number of nitrogen functional groups attached to an aromatic ring is 1. The molecule has 19 heavy (non-hydrogen) atoms. The molecule has 1 aromatic carbocycles. The highest BCUT2D eigenvalue weighted by Crippen LogP contribution is 2.22. The van der Waals surface area contributed by atoms with E-state index in [2.05, 4.69) is 10.3 Å². The molecule has 0 aliphatic carbocycles. The minimum Gasteiger partial charge on any atom is -0.399 e. The average Bonchev–Trinajstić information content (AvgIpc) is 2.75. The third-order valence-electron chi connectivity index (χ3n) is 2.58. The lowest BCUT2D eigenvalue weighted by Crippen LogP contribution is -2.22. The van der Waals surface area contributed by atoms with Gasteiger partial charge in [0.2, 0.25) is 5.91 Å². The number of nitrogens with zero attached hydrogens (tertiary/aromatic N) is 2. The van der Waals surface area contributed by atoms with Crippen LogP contribution in [0.4, 0.5) is 11.4 Å². The number of anilines is 2. The highest BCUT2D eigenvalue weighted by Gasteiger charge is 2.16. The van der Waals surface area contributed by atoms with E-state index >= 15 is 0 Å². The van der Waals surface area contributed by atoms with E-state index in [4.69, 9.17) is 5.73 Å². The second-order valence-corrected chi connectivity index (χ2v) is 5.50. The second-order valence-electron chi connectivity index (χ2n) is 4.20. The number of hydrogen-bond acceptors (Lipinski definition) is 4. The Labute approximate surface area is 116 Å². The van der Waals surface area contributed by atoms with Crippen molar-refractivity contribution in [2.24, 2.45) is 7.05 Å². The lowest BCUT2D eigenvalue weighted by Gasteiger charge is -2.11. The van der Waals surface area contributed by atoms with Crippen molar-refractivity contribution < 1.29 is 4.79 Å². The molecule has 0 radical (unpaired) electrons. The molecule has 0 spiro atoms. The standard InChI is InChI=1S/C13H16N4OS/c1-9(19-13-15-6-7-17(13)2)12(18)16-11-5-3-4-10(14)8-11/h3-9H,14H2,1-2H3,(H,16,18). The van der Waals surface area contributed by atoms with Crippen LogP contribution in [0, 0.1) is 0 Å². The molecule has 0 aliphatic rings. The van der Waals surface area contributed by atoms with Crippen LogP contribution in [0.25, 0.3) is 0 Å². The van der Waals surface area contributed by atoms with E-state index in [1.54, 1.807) is 18.3 Å². The van der Waals surface area contributed by atoms with Crippen molar-refractivity contribution in [2.45, 2.75) is 17.3 Å². The Morgan fingerprint density at radius 3 is 2.95 bits per heavy atom. The number of thioether (sulfide) groups is 1. The molecule has 1 amide bonds. The molecular weight excluding hydrogens is 260 g/mol. The van der Waals surface area contributed by atoms with Crippen molar-refractivity contribution in [3.8, 4) is 0 Å². The number of aromatic nitrogens is 2. The van der Waals surface area contributed by atoms with Gasteiger partial charge in [0.25, 0.3) is 0 Å². The SMILES string of the molecule is CC(Sc1nccn1C)C(=O)Nc1cccc(N)c1. The van der Waals surface area contributed by atoms with Crippen molar-refractivity contribution >= 4 is 29.0 Å². The van der Waals surface area contributed by atoms with Crippen LogP contribution in [-0.4, -0.2) is 20.7 Å². The monoisotopic (exact) mass is 276 g/mol. The number of benzene rings is 1. The predicted octanol–water partition coefficient (Wildman–Crippen LogP) is 2.12. The van der Waals surface area contributed by atoms with Crippen molar-refractivity contribution in [1.82, 2.24) is 9.55 Å². The van der Waals surface area contributed by atoms with E-state index in [9.17, 15) is 4.79 Å². The number of aryl methyl sites for hydroxylation is 1. The third kappa shape index (κ3) is 3.51. The van der Waals surface area contributed by atoms with Crippen LogP contribution in [0.5, 0.6) is 0 Å². The average molecular weight is 276 g/mol. The summed E-state index contributed by atoms with van der Waals surface area (Å²) in [6.07, 6.45) is 3.57. The summed E-state index contributed by atoms with van der Waals surface area (Å²) >= 11 is 1.42. The number of hydrogen-bond donors (Lipinski definition) is 2. The first-order chi connectivity index (χ1) is 9.06. The van der Waals surface area contributed by atoms with Crippen molar-refractivity contribution in [2.75, 3.05) is 11.1 Å². The molecule has 3 N–H and O–H groups in total. The van der Waals surface area contributed by atoms with Crippen LogP contribution in [-0.2, 0) is 11.8 Å². The Morgan fingerprint density at radius 1 is 1.53 bits per heavy atom. The lowest BCUT2D eigenvalue weighted by molar-refractivity contribution is -0.115. The molecule has 0 fully saturated rings. The van der Waals surface area contributed by atoms with Gasteiger partial charge in [-0.3, -0.25) is 4.79 Å². The Kier molecular flexibility index (Phi) is 4.11. The van der Waals surface area contributed by atoms with Crippen LogP contribution < -0.4 is 11.1 Å². The minimum atomic E-state index is -0.234. The summed E-state index contributed by atoms with van der Waals surface area (Å²) in [5.41, 5.74) is 7.00. The van der Waals surface area contributed by atoms with Crippen molar-refractivity contribution in [3.63, 3.8) is 0 Å². The van der Waals surface area contributed by atoms with E-state index in [-0.39, 0.29) is 11.2 Å². The van der Waals surface area contributed by atoms with Gasteiger partial charge in [-0.1, -0.05) is 17.8 Å². The highest BCUT2D eigenvalue weighted by atomic mass is 32.2. The van der Waals surface area contributed by atoms with Crippen LogP contribution in [0.3, 0.4) is 0 Å². The van der Waals surface area contributed by atoms with Gasteiger partial charge in [0, 0.05) is 30.8 Å². The van der Waals surface area contributed by atoms with Crippen molar-refractivity contribution in [1.29, 1.82) is 0 Å². The first-order valence-electron chi connectivity index (χ1n) is 5.86. The summed E-state index contributed by atoms with van der Waals surface area (Å²) < 4.78 is 1.88. The maximum absolute atomic E-state index is 12.1. The van der Waals surface area contributed by atoms with Gasteiger partial charge in [0.15, 0.2) is 5.16 Å². The van der Waals surface area contributed by atoms with Gasteiger partial charge in [0.05, 0.1) is 5.25 Å². The molecule has 0 bridgehead atoms. The highest BCUT2D eigenvalue weighted by molar-refractivity contribution is 8.00. The van der Waals surface area contributed by atoms with Crippen LogP contribution in [0.2, 0.25) is 0 Å². The van der Waals surface area contributed by atoms with E-state index in [1.807, 2.05) is 36.9 Å². The number of amides is 1. The first-order valence-corrected chi connectivity index (χ1v) is 6.74. The molecule has 1 aromatic heterocycles. The van der Waals surface area contributed by atoms with Gasteiger partial charge in [-0.2, -0.15) is 0 Å². The number of nitrogens with one attached hydrogen (secondary N) is 1. The van der Waals surface area contributed by atoms with Gasteiger partial charge in [-0.05, 0) is 25.1 Å². The molecule has 2 aromatic rings. The predicted molar refractivity (Wildman–Crippen MR) is 78.0 cm³/mol. The van der Waals surface area contributed by atoms with Gasteiger partial charge in [0.1, 0.15) is 0 Å². The Bertz CT molecular complexity index is 582. The molecule has 100 valence electrons. The summed E-state index contributed by atoms with van der Waals surface area (Å²) in [5.74, 6) is -0.0707. The molecule has 1 atom stereocenters. The Balaban J connectivity index is 1.98. The fraction of sp³-hybridized carbons (Fsp3) is 0.231. The van der Waals surface area contributed by atoms with Crippen molar-refractivity contribution in [3.05, 3.63) is 36.7 Å². The normalized spacial score (nSPS) is 12.1. The summed E-state index contributed by atoms with van der Waals surface area (Å²) in [6.45, 7) is 1.85. The summed E-state index contributed by atoms with van der Waals surface area (Å²) in [5, 5.41) is 3.42. The molecule has 1 heterocycles. The number of imidazole rings is 1. The van der Waals surface area contributed by atoms with E-state index in [0.29, 0.717) is 11.4 Å². The smallest absolute Gasteiger partial charge is 0.237 e. The summed E-state index contributed by atoms with van der Waals surface area (Å²) in [6, 6.07) is 7.13. The molecule has 1 unspecified atom stereocenters. The summed E-state index contributed by atoms with van der Waals surface area (Å²) in [7, 11) is 1.90. The lowest BCUT2D eigenvalue weighted by atomic mass is 10.3. The maximum Gasteiger partial charge on any atom is 0.237 e. The topological polar surface area (TPSA) is 72.9 Å².